The molecule has 2 amide bonds. The number of nitrogens with one attached hydrogen (secondary N) is 1. The van der Waals surface area contributed by atoms with Crippen LogP contribution in [0.3, 0.4) is 0 Å². The summed E-state index contributed by atoms with van der Waals surface area (Å²) >= 11 is 1.35. The van der Waals surface area contributed by atoms with Gasteiger partial charge in [0.05, 0.1) is 9.80 Å². The molecule has 1 aliphatic rings. The van der Waals surface area contributed by atoms with Gasteiger partial charge in [-0.25, -0.2) is 0 Å². The molecule has 0 saturated carbocycles. The molecule has 7 nitrogen and oxygen atoms in total. The van der Waals surface area contributed by atoms with Crippen molar-refractivity contribution in [3.05, 3.63) is 56.8 Å². The minimum Gasteiger partial charge on any atom is -0.326 e. The average Bonchev–Trinajstić information content (AvgIpc) is 3.16. The molecule has 0 unspecified atom stereocenters. The van der Waals surface area contributed by atoms with Gasteiger partial charge >= 0.3 is 0 Å². The van der Waals surface area contributed by atoms with E-state index in [1.54, 1.807) is 23.1 Å². The van der Waals surface area contributed by atoms with E-state index in [0.717, 1.165) is 12.8 Å². The number of piperidine rings is 1. The van der Waals surface area contributed by atoms with E-state index in [1.807, 2.05) is 5.38 Å². The number of hydrogen-bond donors (Lipinski definition) is 1. The Bertz CT molecular complexity index is 791. The summed E-state index contributed by atoms with van der Waals surface area (Å²) in [4.78, 5) is 37.8. The third kappa shape index (κ3) is 3.85. The maximum Gasteiger partial charge on any atom is 0.271 e. The van der Waals surface area contributed by atoms with E-state index >= 15 is 0 Å². The van der Waals surface area contributed by atoms with E-state index < -0.39 is 11.0 Å². The smallest absolute Gasteiger partial charge is 0.271 e. The van der Waals surface area contributed by atoms with Crippen molar-refractivity contribution in [3.63, 3.8) is 0 Å². The lowest BCUT2D eigenvalue weighted by Crippen LogP contribution is -2.49. The van der Waals surface area contributed by atoms with Crippen LogP contribution in [-0.2, 0) is 4.79 Å². The monoisotopic (exact) mass is 359 g/mol. The van der Waals surface area contributed by atoms with Crippen LogP contribution in [0.4, 0.5) is 11.4 Å². The molecule has 0 aliphatic carbocycles. The summed E-state index contributed by atoms with van der Waals surface area (Å²) in [7, 11) is 0. The molecule has 0 spiro atoms. The standard InChI is InChI=1S/C17H17N3O4S/c21-16(18-12-5-3-6-13(11-12)20(23)24)14-7-1-2-9-19(14)17(22)15-8-4-10-25-15/h3-6,8,10-11,14H,1-2,7,9H2,(H,18,21)/t14-/m0/s1. The second-order valence-corrected chi connectivity index (χ2v) is 6.73. The lowest BCUT2D eigenvalue weighted by atomic mass is 10.0. The number of likely N-dealkylation sites (tertiary alicyclic amines) is 1. The van der Waals surface area contributed by atoms with Gasteiger partial charge in [0, 0.05) is 24.4 Å². The van der Waals surface area contributed by atoms with Crippen molar-refractivity contribution in [3.8, 4) is 0 Å². The topological polar surface area (TPSA) is 92.5 Å². The number of anilines is 1. The molecule has 1 saturated heterocycles. The number of hydrogen-bond acceptors (Lipinski definition) is 5. The largest absolute Gasteiger partial charge is 0.326 e. The molecule has 1 atom stereocenters. The zero-order valence-electron chi connectivity index (χ0n) is 13.4. The fourth-order valence-corrected chi connectivity index (χ4v) is 3.59. The van der Waals surface area contributed by atoms with Crippen LogP contribution in [0.5, 0.6) is 0 Å². The Hall–Kier alpha value is -2.74. The van der Waals surface area contributed by atoms with Crippen molar-refractivity contribution in [2.24, 2.45) is 0 Å². The molecule has 1 aromatic carbocycles. The molecular formula is C17H17N3O4S. The highest BCUT2D eigenvalue weighted by atomic mass is 32.1. The Morgan fingerprint density at radius 3 is 2.80 bits per heavy atom. The first-order chi connectivity index (χ1) is 12.1. The zero-order valence-corrected chi connectivity index (χ0v) is 14.2. The van der Waals surface area contributed by atoms with Gasteiger partial charge in [-0.3, -0.25) is 19.7 Å². The Kier molecular flexibility index (Phi) is 5.08. The highest BCUT2D eigenvalue weighted by molar-refractivity contribution is 7.12. The predicted octanol–water partition coefficient (Wildman–Crippen LogP) is 3.29. The summed E-state index contributed by atoms with van der Waals surface area (Å²) in [6, 6.07) is 8.77. The van der Waals surface area contributed by atoms with Crippen molar-refractivity contribution in [2.45, 2.75) is 25.3 Å². The van der Waals surface area contributed by atoms with Crippen LogP contribution < -0.4 is 5.32 Å². The van der Waals surface area contributed by atoms with E-state index in [-0.39, 0.29) is 17.5 Å². The molecule has 1 N–H and O–H groups in total. The van der Waals surface area contributed by atoms with Gasteiger partial charge in [0.1, 0.15) is 6.04 Å². The molecule has 1 aromatic heterocycles. The Balaban J connectivity index is 1.76. The summed E-state index contributed by atoms with van der Waals surface area (Å²) in [6.07, 6.45) is 2.30. The predicted molar refractivity (Wildman–Crippen MR) is 94.7 cm³/mol. The van der Waals surface area contributed by atoms with Crippen LogP contribution in [-0.4, -0.2) is 34.2 Å². The lowest BCUT2D eigenvalue weighted by molar-refractivity contribution is -0.384. The Morgan fingerprint density at radius 1 is 1.24 bits per heavy atom. The molecule has 0 radical (unpaired) electrons. The number of amides is 2. The SMILES string of the molecule is O=C(Nc1cccc([N+](=O)[O-])c1)[C@@H]1CCCCN1C(=O)c1cccs1. The van der Waals surface area contributed by atoms with E-state index in [9.17, 15) is 19.7 Å². The second kappa shape index (κ2) is 7.43. The van der Waals surface area contributed by atoms with Gasteiger partial charge in [0.2, 0.25) is 5.91 Å². The van der Waals surface area contributed by atoms with Gasteiger partial charge in [-0.1, -0.05) is 12.1 Å². The van der Waals surface area contributed by atoms with Crippen molar-refractivity contribution < 1.29 is 14.5 Å². The summed E-state index contributed by atoms with van der Waals surface area (Å²) in [5, 5.41) is 15.4. The first-order valence-corrected chi connectivity index (χ1v) is 8.84. The van der Waals surface area contributed by atoms with E-state index in [4.69, 9.17) is 0 Å². The maximum absolute atomic E-state index is 12.7. The minimum atomic E-state index is -0.567. The summed E-state index contributed by atoms with van der Waals surface area (Å²) < 4.78 is 0. The number of rotatable bonds is 4. The molecule has 130 valence electrons. The molecule has 2 aromatic rings. The third-order valence-electron chi connectivity index (χ3n) is 4.12. The first kappa shape index (κ1) is 17.1. The Labute approximate surface area is 148 Å². The van der Waals surface area contributed by atoms with Gasteiger partial charge in [-0.05, 0) is 36.8 Å². The highest BCUT2D eigenvalue weighted by Crippen LogP contribution is 2.24. The summed E-state index contributed by atoms with van der Waals surface area (Å²) in [5.41, 5.74) is 0.265. The number of thiophene rings is 1. The fourth-order valence-electron chi connectivity index (χ4n) is 2.91. The normalized spacial score (nSPS) is 17.1. The molecule has 25 heavy (non-hydrogen) atoms. The van der Waals surface area contributed by atoms with E-state index in [0.29, 0.717) is 23.5 Å². The van der Waals surface area contributed by atoms with Crippen molar-refractivity contribution >= 4 is 34.5 Å². The van der Waals surface area contributed by atoms with Crippen LogP contribution in [0.1, 0.15) is 28.9 Å². The van der Waals surface area contributed by atoms with Gasteiger partial charge in [-0.15, -0.1) is 11.3 Å². The number of nitro groups is 1. The summed E-state index contributed by atoms with van der Waals surface area (Å²) in [5.74, 6) is -0.459. The Morgan fingerprint density at radius 2 is 2.08 bits per heavy atom. The number of benzene rings is 1. The van der Waals surface area contributed by atoms with Crippen molar-refractivity contribution in [1.82, 2.24) is 4.90 Å². The molecule has 1 fully saturated rings. The van der Waals surface area contributed by atoms with Crippen LogP contribution in [0.25, 0.3) is 0 Å². The molecule has 2 heterocycles. The average molecular weight is 359 g/mol. The van der Waals surface area contributed by atoms with E-state index in [2.05, 4.69) is 5.32 Å². The van der Waals surface area contributed by atoms with Gasteiger partial charge < -0.3 is 10.2 Å². The fraction of sp³-hybridized carbons (Fsp3) is 0.294. The number of nitrogens with zero attached hydrogens (tertiary/aromatic N) is 2. The number of carbonyl (C=O) groups excluding carboxylic acids is 2. The number of non-ortho nitro benzene ring substituents is 1. The van der Waals surface area contributed by atoms with Crippen molar-refractivity contribution in [1.29, 1.82) is 0 Å². The third-order valence-corrected chi connectivity index (χ3v) is 4.98. The maximum atomic E-state index is 12.7. The van der Waals surface area contributed by atoms with Gasteiger partial charge in [-0.2, -0.15) is 0 Å². The number of nitro benzene ring substituents is 1. The molecular weight excluding hydrogens is 342 g/mol. The molecule has 8 heteroatoms. The first-order valence-electron chi connectivity index (χ1n) is 7.96. The number of carbonyl (C=O) groups is 2. The van der Waals surface area contributed by atoms with Crippen LogP contribution in [0.2, 0.25) is 0 Å². The second-order valence-electron chi connectivity index (χ2n) is 5.78. The lowest BCUT2D eigenvalue weighted by Gasteiger charge is -2.34. The van der Waals surface area contributed by atoms with E-state index in [1.165, 1.54) is 29.5 Å². The minimum absolute atomic E-state index is 0.0898. The quantitative estimate of drug-likeness (QED) is 0.670. The van der Waals surface area contributed by atoms with Gasteiger partial charge in [0.25, 0.3) is 11.6 Å². The van der Waals surface area contributed by atoms with Crippen LogP contribution >= 0.6 is 11.3 Å². The summed E-state index contributed by atoms with van der Waals surface area (Å²) in [6.45, 7) is 0.532. The van der Waals surface area contributed by atoms with Gasteiger partial charge in [0.15, 0.2) is 0 Å². The molecule has 3 rings (SSSR count). The molecule has 1 aliphatic heterocycles. The molecule has 0 bridgehead atoms. The highest BCUT2D eigenvalue weighted by Gasteiger charge is 2.33. The zero-order chi connectivity index (χ0) is 17.8. The van der Waals surface area contributed by atoms with Crippen molar-refractivity contribution in [2.75, 3.05) is 11.9 Å². The van der Waals surface area contributed by atoms with Crippen LogP contribution in [0.15, 0.2) is 41.8 Å². The van der Waals surface area contributed by atoms with Crippen LogP contribution in [0, 0.1) is 10.1 Å².